The quantitative estimate of drug-likeness (QED) is 0.585. The molecule has 0 N–H and O–H groups in total. The number of carbonyl (C=O) groups is 1. The van der Waals surface area contributed by atoms with E-state index >= 15 is 0 Å². The third-order valence-electron chi connectivity index (χ3n) is 2.04. The first-order chi connectivity index (χ1) is 7.75. The van der Waals surface area contributed by atoms with E-state index in [0.717, 1.165) is 10.4 Å². The number of ketones is 1. The van der Waals surface area contributed by atoms with E-state index in [-0.39, 0.29) is 5.78 Å². The molecule has 0 atom stereocenters. The molecule has 0 aliphatic heterocycles. The summed E-state index contributed by atoms with van der Waals surface area (Å²) >= 11 is 7.29. The Kier molecular flexibility index (Phi) is 3.54. The summed E-state index contributed by atoms with van der Waals surface area (Å²) in [5, 5.41) is 2.56. The van der Waals surface area contributed by atoms with Gasteiger partial charge in [-0.3, -0.25) is 4.79 Å². The highest BCUT2D eigenvalue weighted by Gasteiger charge is 2.01. The molecule has 2 aromatic rings. The normalized spacial score (nSPS) is 10.8. The van der Waals surface area contributed by atoms with Crippen molar-refractivity contribution in [2.24, 2.45) is 0 Å². The molecule has 16 heavy (non-hydrogen) atoms. The molecular weight excluding hydrogens is 240 g/mol. The molecular formula is C13H9ClOS. The van der Waals surface area contributed by atoms with Crippen LogP contribution < -0.4 is 0 Å². The molecule has 2 rings (SSSR count). The van der Waals surface area contributed by atoms with Crippen molar-refractivity contribution in [2.45, 2.75) is 0 Å². The van der Waals surface area contributed by atoms with Gasteiger partial charge in [-0.1, -0.05) is 35.9 Å². The van der Waals surface area contributed by atoms with Crippen LogP contribution in [0.15, 0.2) is 47.9 Å². The number of hydrogen-bond donors (Lipinski definition) is 0. The van der Waals surface area contributed by atoms with Crippen LogP contribution in [0, 0.1) is 0 Å². The van der Waals surface area contributed by atoms with E-state index in [0.29, 0.717) is 5.02 Å². The number of halogens is 1. The minimum atomic E-state index is 0.0231. The summed E-state index contributed by atoms with van der Waals surface area (Å²) in [7, 11) is 0. The van der Waals surface area contributed by atoms with Crippen molar-refractivity contribution in [1.29, 1.82) is 0 Å². The van der Waals surface area contributed by atoms with Gasteiger partial charge in [0.05, 0.1) is 4.88 Å². The SMILES string of the molecule is O=C(/C=C/c1cccc(Cl)c1)c1cccs1. The maximum atomic E-state index is 11.7. The van der Waals surface area contributed by atoms with Crippen LogP contribution in [-0.2, 0) is 0 Å². The van der Waals surface area contributed by atoms with Crippen LogP contribution in [0.25, 0.3) is 6.08 Å². The molecule has 0 amide bonds. The van der Waals surface area contributed by atoms with E-state index in [1.165, 1.54) is 11.3 Å². The van der Waals surface area contributed by atoms with Gasteiger partial charge in [0.25, 0.3) is 0 Å². The Morgan fingerprint density at radius 1 is 1.25 bits per heavy atom. The molecule has 0 radical (unpaired) electrons. The van der Waals surface area contributed by atoms with Crippen molar-refractivity contribution in [3.63, 3.8) is 0 Å². The highest BCUT2D eigenvalue weighted by atomic mass is 35.5. The molecule has 0 unspecified atom stereocenters. The minimum absolute atomic E-state index is 0.0231. The van der Waals surface area contributed by atoms with Crippen LogP contribution in [0.4, 0.5) is 0 Å². The molecule has 0 aliphatic rings. The number of hydrogen-bond acceptors (Lipinski definition) is 2. The Morgan fingerprint density at radius 3 is 2.81 bits per heavy atom. The molecule has 0 saturated carbocycles. The first-order valence-electron chi connectivity index (χ1n) is 4.77. The van der Waals surface area contributed by atoms with E-state index in [2.05, 4.69) is 0 Å². The lowest BCUT2D eigenvalue weighted by Gasteiger charge is -1.93. The number of thiophene rings is 1. The van der Waals surface area contributed by atoms with Gasteiger partial charge in [-0.2, -0.15) is 0 Å². The van der Waals surface area contributed by atoms with Gasteiger partial charge >= 0.3 is 0 Å². The smallest absolute Gasteiger partial charge is 0.195 e. The average molecular weight is 249 g/mol. The zero-order chi connectivity index (χ0) is 11.4. The summed E-state index contributed by atoms with van der Waals surface area (Å²) in [4.78, 5) is 12.4. The van der Waals surface area contributed by atoms with E-state index in [9.17, 15) is 4.79 Å². The second-order valence-electron chi connectivity index (χ2n) is 3.23. The number of allylic oxidation sites excluding steroid dienone is 1. The monoisotopic (exact) mass is 248 g/mol. The standard InChI is InChI=1S/C13H9ClOS/c14-11-4-1-3-10(9-11)6-7-12(15)13-5-2-8-16-13/h1-9H/b7-6+. The first kappa shape index (κ1) is 11.1. The predicted molar refractivity (Wildman–Crippen MR) is 69.1 cm³/mol. The average Bonchev–Trinajstić information content (AvgIpc) is 2.79. The highest BCUT2D eigenvalue weighted by molar-refractivity contribution is 7.12. The van der Waals surface area contributed by atoms with Crippen molar-refractivity contribution in [2.75, 3.05) is 0 Å². The van der Waals surface area contributed by atoms with Crippen molar-refractivity contribution in [1.82, 2.24) is 0 Å². The third kappa shape index (κ3) is 2.81. The van der Waals surface area contributed by atoms with E-state index in [4.69, 9.17) is 11.6 Å². The molecule has 0 saturated heterocycles. The Morgan fingerprint density at radius 2 is 2.12 bits per heavy atom. The summed E-state index contributed by atoms with van der Waals surface area (Å²) in [6.07, 6.45) is 3.34. The molecule has 3 heteroatoms. The second kappa shape index (κ2) is 5.10. The molecule has 1 aromatic heterocycles. The van der Waals surface area contributed by atoms with Crippen molar-refractivity contribution >= 4 is 34.8 Å². The minimum Gasteiger partial charge on any atom is -0.288 e. The van der Waals surface area contributed by atoms with Crippen LogP contribution in [-0.4, -0.2) is 5.78 Å². The summed E-state index contributed by atoms with van der Waals surface area (Å²) in [5.74, 6) is 0.0231. The second-order valence-corrected chi connectivity index (χ2v) is 4.61. The molecule has 80 valence electrons. The lowest BCUT2D eigenvalue weighted by molar-refractivity contribution is 0.105. The maximum Gasteiger partial charge on any atom is 0.195 e. The third-order valence-corrected chi connectivity index (χ3v) is 3.16. The van der Waals surface area contributed by atoms with E-state index < -0.39 is 0 Å². The maximum absolute atomic E-state index is 11.7. The summed E-state index contributed by atoms with van der Waals surface area (Å²) < 4.78 is 0. The Labute approximate surface area is 103 Å². The fourth-order valence-electron chi connectivity index (χ4n) is 1.28. The number of benzene rings is 1. The molecule has 1 heterocycles. The van der Waals surface area contributed by atoms with Gasteiger partial charge in [-0.25, -0.2) is 0 Å². The van der Waals surface area contributed by atoms with Crippen molar-refractivity contribution < 1.29 is 4.79 Å². The molecule has 0 bridgehead atoms. The van der Waals surface area contributed by atoms with Gasteiger partial charge in [-0.15, -0.1) is 11.3 Å². The van der Waals surface area contributed by atoms with Gasteiger partial charge in [0.1, 0.15) is 0 Å². The van der Waals surface area contributed by atoms with Gasteiger partial charge in [-0.05, 0) is 35.2 Å². The van der Waals surface area contributed by atoms with Crippen molar-refractivity contribution in [3.8, 4) is 0 Å². The van der Waals surface area contributed by atoms with Crippen LogP contribution in [0.5, 0.6) is 0 Å². The fraction of sp³-hybridized carbons (Fsp3) is 0. The molecule has 0 spiro atoms. The lowest BCUT2D eigenvalue weighted by atomic mass is 10.2. The topological polar surface area (TPSA) is 17.1 Å². The summed E-state index contributed by atoms with van der Waals surface area (Å²) in [6.45, 7) is 0. The van der Waals surface area contributed by atoms with Gasteiger partial charge < -0.3 is 0 Å². The van der Waals surface area contributed by atoms with Gasteiger partial charge in [0.2, 0.25) is 0 Å². The zero-order valence-electron chi connectivity index (χ0n) is 8.39. The number of carbonyl (C=O) groups excluding carboxylic acids is 1. The summed E-state index contributed by atoms with van der Waals surface area (Å²) in [6, 6.07) is 11.1. The highest BCUT2D eigenvalue weighted by Crippen LogP contribution is 2.14. The largest absolute Gasteiger partial charge is 0.288 e. The van der Waals surface area contributed by atoms with Crippen LogP contribution >= 0.6 is 22.9 Å². The molecule has 0 aliphatic carbocycles. The van der Waals surface area contributed by atoms with Crippen LogP contribution in [0.3, 0.4) is 0 Å². The lowest BCUT2D eigenvalue weighted by Crippen LogP contribution is -1.88. The molecule has 1 nitrogen and oxygen atoms in total. The molecule has 1 aromatic carbocycles. The van der Waals surface area contributed by atoms with Gasteiger partial charge in [0, 0.05) is 5.02 Å². The zero-order valence-corrected chi connectivity index (χ0v) is 9.96. The predicted octanol–water partition coefficient (Wildman–Crippen LogP) is 4.30. The first-order valence-corrected chi connectivity index (χ1v) is 6.03. The molecule has 0 fully saturated rings. The van der Waals surface area contributed by atoms with Crippen molar-refractivity contribution in [3.05, 3.63) is 63.3 Å². The summed E-state index contributed by atoms with van der Waals surface area (Å²) in [5.41, 5.74) is 0.928. The fourth-order valence-corrected chi connectivity index (χ4v) is 2.13. The Hall–Kier alpha value is -1.38. The van der Waals surface area contributed by atoms with E-state index in [1.807, 2.05) is 35.7 Å². The van der Waals surface area contributed by atoms with Gasteiger partial charge in [0.15, 0.2) is 5.78 Å². The van der Waals surface area contributed by atoms with E-state index in [1.54, 1.807) is 18.2 Å². The Bertz CT molecular complexity index is 514. The number of rotatable bonds is 3. The van der Waals surface area contributed by atoms with Crippen LogP contribution in [0.2, 0.25) is 5.02 Å². The van der Waals surface area contributed by atoms with Crippen LogP contribution in [0.1, 0.15) is 15.2 Å². The Balaban J connectivity index is 2.13.